The molecule has 2 aromatic carbocycles. The summed E-state index contributed by atoms with van der Waals surface area (Å²) in [6.45, 7) is 1.69. The fraction of sp³-hybridized carbons (Fsp3) is 0.0476. The summed E-state index contributed by atoms with van der Waals surface area (Å²) in [6.07, 6.45) is 1.32. The lowest BCUT2D eigenvalue weighted by molar-refractivity contribution is 0.0993. The zero-order valence-corrected chi connectivity index (χ0v) is 15.4. The van der Waals surface area contributed by atoms with Crippen LogP contribution in [-0.2, 0) is 0 Å². The van der Waals surface area contributed by atoms with Gasteiger partial charge in [0, 0.05) is 11.3 Å². The van der Waals surface area contributed by atoms with Crippen LogP contribution in [-0.4, -0.2) is 26.2 Å². The number of aromatic nitrogens is 3. The van der Waals surface area contributed by atoms with Gasteiger partial charge in [0.2, 0.25) is 0 Å². The monoisotopic (exact) mass is 389 g/mol. The molecule has 0 radical (unpaired) electrons. The number of carbonyl (C=O) groups is 2. The van der Waals surface area contributed by atoms with Crippen molar-refractivity contribution in [2.24, 2.45) is 5.73 Å². The van der Waals surface area contributed by atoms with E-state index >= 15 is 0 Å². The highest BCUT2D eigenvalue weighted by atomic mass is 19.1. The third-order valence-electron chi connectivity index (χ3n) is 4.47. The van der Waals surface area contributed by atoms with Gasteiger partial charge in [0.25, 0.3) is 11.8 Å². The van der Waals surface area contributed by atoms with E-state index < -0.39 is 11.8 Å². The van der Waals surface area contributed by atoms with Crippen LogP contribution in [0.15, 0.2) is 60.9 Å². The van der Waals surface area contributed by atoms with Crippen molar-refractivity contribution < 1.29 is 14.0 Å². The summed E-state index contributed by atoms with van der Waals surface area (Å²) in [5, 5.41) is 2.76. The van der Waals surface area contributed by atoms with Crippen LogP contribution in [0.5, 0.6) is 0 Å². The lowest BCUT2D eigenvalue weighted by Crippen LogP contribution is -2.18. The van der Waals surface area contributed by atoms with Crippen molar-refractivity contribution >= 4 is 23.1 Å². The summed E-state index contributed by atoms with van der Waals surface area (Å²) in [6, 6.07) is 14.9. The molecule has 0 unspecified atom stereocenters. The zero-order chi connectivity index (χ0) is 20.5. The van der Waals surface area contributed by atoms with Crippen molar-refractivity contribution in [1.82, 2.24) is 14.4 Å². The van der Waals surface area contributed by atoms with E-state index in [4.69, 9.17) is 5.73 Å². The molecule has 144 valence electrons. The van der Waals surface area contributed by atoms with E-state index in [-0.39, 0.29) is 22.9 Å². The van der Waals surface area contributed by atoms with Crippen LogP contribution in [0.25, 0.3) is 16.9 Å². The molecule has 7 nitrogen and oxygen atoms in total. The van der Waals surface area contributed by atoms with Crippen molar-refractivity contribution in [2.75, 3.05) is 5.32 Å². The van der Waals surface area contributed by atoms with Crippen LogP contribution in [0.1, 0.15) is 26.5 Å². The molecule has 0 aliphatic carbocycles. The van der Waals surface area contributed by atoms with Crippen LogP contribution >= 0.6 is 0 Å². The Morgan fingerprint density at radius 2 is 1.86 bits per heavy atom. The van der Waals surface area contributed by atoms with Gasteiger partial charge in [0.15, 0.2) is 11.3 Å². The van der Waals surface area contributed by atoms with Gasteiger partial charge in [-0.1, -0.05) is 30.3 Å². The summed E-state index contributed by atoms with van der Waals surface area (Å²) in [5.74, 6) is -1.59. The minimum atomic E-state index is -0.744. The summed E-state index contributed by atoms with van der Waals surface area (Å²) >= 11 is 0. The quantitative estimate of drug-likeness (QED) is 0.559. The molecule has 0 saturated carbocycles. The van der Waals surface area contributed by atoms with E-state index in [9.17, 15) is 14.0 Å². The van der Waals surface area contributed by atoms with Crippen LogP contribution in [0.4, 0.5) is 10.1 Å². The maximum absolute atomic E-state index is 13.4. The van der Waals surface area contributed by atoms with E-state index in [1.807, 2.05) is 30.3 Å². The summed E-state index contributed by atoms with van der Waals surface area (Å²) < 4.78 is 14.8. The molecule has 8 heteroatoms. The number of amides is 2. The number of halogens is 1. The molecule has 0 aliphatic heterocycles. The van der Waals surface area contributed by atoms with E-state index in [2.05, 4.69) is 15.3 Å². The average Bonchev–Trinajstić information content (AvgIpc) is 3.14. The van der Waals surface area contributed by atoms with Gasteiger partial charge in [-0.25, -0.2) is 14.4 Å². The molecule has 29 heavy (non-hydrogen) atoms. The number of nitrogens with two attached hydrogens (primary N) is 1. The highest BCUT2D eigenvalue weighted by Gasteiger charge is 2.20. The third-order valence-corrected chi connectivity index (χ3v) is 4.47. The smallest absolute Gasteiger partial charge is 0.272 e. The molecular weight excluding hydrogens is 373 g/mol. The Morgan fingerprint density at radius 3 is 2.55 bits per heavy atom. The van der Waals surface area contributed by atoms with Gasteiger partial charge in [-0.05, 0) is 36.8 Å². The Labute approximate surface area is 165 Å². The lowest BCUT2D eigenvalue weighted by Gasteiger charge is -2.11. The topological polar surface area (TPSA) is 102 Å². The summed E-state index contributed by atoms with van der Waals surface area (Å²) in [5.41, 5.74) is 8.06. The van der Waals surface area contributed by atoms with Crippen LogP contribution in [0, 0.1) is 12.7 Å². The number of nitrogens with zero attached hydrogens (tertiary/aromatic N) is 3. The number of primary amides is 1. The van der Waals surface area contributed by atoms with Crippen molar-refractivity contribution in [2.45, 2.75) is 6.92 Å². The van der Waals surface area contributed by atoms with Crippen LogP contribution in [0.3, 0.4) is 0 Å². The number of hydrogen-bond donors (Lipinski definition) is 2. The van der Waals surface area contributed by atoms with Gasteiger partial charge >= 0.3 is 0 Å². The maximum atomic E-state index is 13.4. The number of aryl methyl sites for hydroxylation is 1. The number of hydrogen-bond acceptors (Lipinski definition) is 4. The van der Waals surface area contributed by atoms with E-state index in [0.29, 0.717) is 16.9 Å². The van der Waals surface area contributed by atoms with E-state index in [1.165, 1.54) is 28.9 Å². The van der Waals surface area contributed by atoms with E-state index in [1.54, 1.807) is 13.0 Å². The van der Waals surface area contributed by atoms with Crippen molar-refractivity contribution in [3.63, 3.8) is 0 Å². The molecule has 0 saturated heterocycles. The van der Waals surface area contributed by atoms with Gasteiger partial charge in [0.1, 0.15) is 17.8 Å². The number of nitrogens with one attached hydrogen (secondary N) is 1. The van der Waals surface area contributed by atoms with Gasteiger partial charge in [-0.3, -0.25) is 14.0 Å². The largest absolute Gasteiger partial charge is 0.364 e. The first-order valence-electron chi connectivity index (χ1n) is 8.75. The SMILES string of the molecule is Cc1cc(F)ccc1NC(=O)c1cc(-c2ccccc2)nc2c(C(N)=O)ncn12. The number of anilines is 1. The minimum Gasteiger partial charge on any atom is -0.364 e. The third kappa shape index (κ3) is 3.43. The van der Waals surface area contributed by atoms with Crippen LogP contribution < -0.4 is 11.1 Å². The number of rotatable bonds is 4. The predicted molar refractivity (Wildman–Crippen MR) is 106 cm³/mol. The molecule has 0 aliphatic rings. The lowest BCUT2D eigenvalue weighted by atomic mass is 10.1. The zero-order valence-electron chi connectivity index (χ0n) is 15.4. The summed E-state index contributed by atoms with van der Waals surface area (Å²) in [4.78, 5) is 33.3. The second-order valence-electron chi connectivity index (χ2n) is 6.46. The normalized spacial score (nSPS) is 10.8. The Bertz CT molecular complexity index is 1250. The van der Waals surface area contributed by atoms with Gasteiger partial charge in [-0.15, -0.1) is 0 Å². The number of benzene rings is 2. The first-order valence-corrected chi connectivity index (χ1v) is 8.75. The second-order valence-corrected chi connectivity index (χ2v) is 6.46. The van der Waals surface area contributed by atoms with Crippen molar-refractivity contribution in [3.05, 3.63) is 83.7 Å². The molecule has 3 N–H and O–H groups in total. The Kier molecular flexibility index (Phi) is 4.52. The molecule has 0 fully saturated rings. The Balaban J connectivity index is 1.86. The molecule has 0 bridgehead atoms. The standard InChI is InChI=1S/C21H16FN5O2/c1-12-9-14(22)7-8-15(12)26-21(29)17-10-16(13-5-3-2-4-6-13)25-20-18(19(23)28)24-11-27(17)20/h2-11H,1H3,(H2,23,28)(H,26,29). The molecule has 2 amide bonds. The first-order chi connectivity index (χ1) is 13.9. The molecule has 2 aromatic heterocycles. The second kappa shape index (κ2) is 7.16. The van der Waals surface area contributed by atoms with Gasteiger partial charge in [-0.2, -0.15) is 0 Å². The molecule has 4 rings (SSSR count). The fourth-order valence-electron chi connectivity index (χ4n) is 3.03. The molecular formula is C21H16FN5O2. The molecule has 0 spiro atoms. The van der Waals surface area contributed by atoms with Crippen molar-refractivity contribution in [3.8, 4) is 11.3 Å². The van der Waals surface area contributed by atoms with E-state index in [0.717, 1.165) is 5.56 Å². The molecule has 2 heterocycles. The highest BCUT2D eigenvalue weighted by Crippen LogP contribution is 2.23. The first kappa shape index (κ1) is 18.3. The Hall–Kier alpha value is -4.07. The number of imidazole rings is 1. The minimum absolute atomic E-state index is 0.0326. The molecule has 0 atom stereocenters. The Morgan fingerprint density at radius 1 is 1.10 bits per heavy atom. The van der Waals surface area contributed by atoms with Crippen molar-refractivity contribution in [1.29, 1.82) is 0 Å². The molecule has 4 aromatic rings. The number of carbonyl (C=O) groups excluding carboxylic acids is 2. The van der Waals surface area contributed by atoms with Gasteiger partial charge < -0.3 is 11.1 Å². The maximum Gasteiger partial charge on any atom is 0.272 e. The van der Waals surface area contributed by atoms with Crippen LogP contribution in [0.2, 0.25) is 0 Å². The summed E-state index contributed by atoms with van der Waals surface area (Å²) in [7, 11) is 0. The highest BCUT2D eigenvalue weighted by molar-refractivity contribution is 6.05. The van der Waals surface area contributed by atoms with Gasteiger partial charge in [0.05, 0.1) is 5.69 Å². The number of fused-ring (bicyclic) bond motifs is 1. The fourth-order valence-corrected chi connectivity index (χ4v) is 3.03. The average molecular weight is 389 g/mol. The predicted octanol–water partition coefficient (Wildman–Crippen LogP) is 3.20.